The van der Waals surface area contributed by atoms with Crippen molar-refractivity contribution in [1.82, 2.24) is 14.9 Å². The number of hydrogen-bond donors (Lipinski definition) is 3. The highest BCUT2D eigenvalue weighted by Gasteiger charge is 2.31. The van der Waals surface area contributed by atoms with Gasteiger partial charge in [-0.2, -0.15) is 0 Å². The van der Waals surface area contributed by atoms with E-state index in [0.717, 1.165) is 63.8 Å². The zero-order valence-corrected chi connectivity index (χ0v) is 39.1. The molecule has 2 heterocycles. The Labute approximate surface area is 393 Å². The van der Waals surface area contributed by atoms with Crippen molar-refractivity contribution in [1.29, 1.82) is 0 Å². The number of aryl methyl sites for hydroxylation is 1. The van der Waals surface area contributed by atoms with Crippen LogP contribution in [-0.4, -0.2) is 88.5 Å². The van der Waals surface area contributed by atoms with Gasteiger partial charge in [-0.1, -0.05) is 73.3 Å². The zero-order chi connectivity index (χ0) is 47.8. The molecule has 15 nitrogen and oxygen atoms in total. The molecule has 5 aromatic carbocycles. The number of aromatic carboxylic acids is 1. The first-order valence-corrected chi connectivity index (χ1v) is 22.8. The number of fused-ring (bicyclic) bond motifs is 1. The molecule has 3 N–H and O–H groups in total. The normalized spacial score (nSPS) is 13.6. The molecule has 1 fully saturated rings. The second-order valence-electron chi connectivity index (χ2n) is 17.1. The summed E-state index contributed by atoms with van der Waals surface area (Å²) in [5, 5.41) is 14.0. The van der Waals surface area contributed by atoms with E-state index >= 15 is 0 Å². The maximum absolute atomic E-state index is 13.2. The predicted molar refractivity (Wildman–Crippen MR) is 261 cm³/mol. The van der Waals surface area contributed by atoms with E-state index in [1.807, 2.05) is 43.4 Å². The van der Waals surface area contributed by atoms with Gasteiger partial charge in [0.2, 0.25) is 5.91 Å². The standard InChI is InChI=1S/C51H54N6O9S/c1-7-10-45-52-41-28-35(19-24-42(41)57(45)30-33-13-17-34(18-14-33)38-11-8-9-12-39(38)48(60)61)55(5)25-26-64-37-22-23-40(43(29-37)56(6)50(63)66-51(2,3)4)53-46(58)31-65-36-20-15-32(16-21-36)27-44-47(59)54-49(62)67-44/h8-9,11-24,28-29,44H,7,10,25-27,30-31H2,1-6H3,(H,53,58)(H,60,61)(H,54,59,62). The molecule has 0 spiro atoms. The van der Waals surface area contributed by atoms with Crippen LogP contribution in [0, 0.1) is 0 Å². The van der Waals surface area contributed by atoms with Gasteiger partial charge in [-0.25, -0.2) is 14.6 Å². The first-order chi connectivity index (χ1) is 32.0. The lowest BCUT2D eigenvalue weighted by atomic mass is 9.99. The molecular formula is C51H54N6O9S. The number of nitrogens with zero attached hydrogens (tertiary/aromatic N) is 4. The topological polar surface area (TPSA) is 182 Å². The third kappa shape index (κ3) is 12.1. The Kier molecular flexibility index (Phi) is 14.8. The minimum atomic E-state index is -0.959. The number of carboxylic acids is 1. The van der Waals surface area contributed by atoms with Crippen molar-refractivity contribution in [2.45, 2.75) is 64.4 Å². The summed E-state index contributed by atoms with van der Waals surface area (Å²) in [7, 11) is 3.54. The van der Waals surface area contributed by atoms with Gasteiger partial charge in [0.1, 0.15) is 29.5 Å². The van der Waals surface area contributed by atoms with Gasteiger partial charge in [-0.05, 0) is 104 Å². The van der Waals surface area contributed by atoms with Crippen LogP contribution >= 0.6 is 11.8 Å². The molecule has 0 bridgehead atoms. The van der Waals surface area contributed by atoms with E-state index in [-0.39, 0.29) is 23.3 Å². The van der Waals surface area contributed by atoms with Crippen LogP contribution in [0.3, 0.4) is 0 Å². The lowest BCUT2D eigenvalue weighted by Gasteiger charge is -2.26. The van der Waals surface area contributed by atoms with Crippen molar-refractivity contribution in [2.75, 3.05) is 49.0 Å². The van der Waals surface area contributed by atoms with Gasteiger partial charge in [-0.3, -0.25) is 24.6 Å². The number of aromatic nitrogens is 2. The highest BCUT2D eigenvalue weighted by atomic mass is 32.2. The summed E-state index contributed by atoms with van der Waals surface area (Å²) in [4.78, 5) is 70.2. The fourth-order valence-corrected chi connectivity index (χ4v) is 8.39. The summed E-state index contributed by atoms with van der Waals surface area (Å²) >= 11 is 0.965. The fraction of sp³-hybridized carbons (Fsp3) is 0.294. The van der Waals surface area contributed by atoms with Gasteiger partial charge in [0.05, 0.1) is 39.8 Å². The summed E-state index contributed by atoms with van der Waals surface area (Å²) in [5.41, 5.74) is 6.49. The smallest absolute Gasteiger partial charge is 0.414 e. The molecule has 7 rings (SSSR count). The van der Waals surface area contributed by atoms with E-state index in [2.05, 4.69) is 45.2 Å². The summed E-state index contributed by atoms with van der Waals surface area (Å²) in [6, 6.07) is 33.2. The SMILES string of the molecule is CCCc1nc2cc(N(C)CCOc3ccc(NC(=O)COc4ccc(CC5SC(=O)NC5=O)cc4)c(N(C)C(=O)OC(C)(C)C)c3)ccc2n1Cc1ccc(-c2ccccc2C(=O)O)cc1. The van der Waals surface area contributed by atoms with E-state index in [1.54, 1.807) is 82.4 Å². The first-order valence-electron chi connectivity index (χ1n) is 21.9. The predicted octanol–water partition coefficient (Wildman–Crippen LogP) is 9.20. The highest BCUT2D eigenvalue weighted by molar-refractivity contribution is 8.15. The number of carbonyl (C=O) groups is 5. The Balaban J connectivity index is 0.988. The number of nitrogens with one attached hydrogen (secondary N) is 2. The molecule has 348 valence electrons. The average Bonchev–Trinajstić information content (AvgIpc) is 3.81. The molecular weight excluding hydrogens is 873 g/mol. The number of imide groups is 1. The molecule has 1 atom stereocenters. The highest BCUT2D eigenvalue weighted by Crippen LogP contribution is 2.32. The molecule has 0 aliphatic carbocycles. The number of anilines is 3. The fourth-order valence-electron chi connectivity index (χ4n) is 7.53. The van der Waals surface area contributed by atoms with E-state index in [9.17, 15) is 29.1 Å². The number of carbonyl (C=O) groups excluding carboxylic acids is 4. The average molecular weight is 927 g/mol. The van der Waals surface area contributed by atoms with Gasteiger partial charge < -0.3 is 34.1 Å². The maximum atomic E-state index is 13.2. The van der Waals surface area contributed by atoms with Crippen molar-refractivity contribution in [3.05, 3.63) is 132 Å². The number of hydrogen-bond acceptors (Lipinski definition) is 11. The van der Waals surface area contributed by atoms with Gasteiger partial charge in [0, 0.05) is 38.8 Å². The quantitative estimate of drug-likeness (QED) is 0.0745. The molecule has 1 aromatic heterocycles. The number of ether oxygens (including phenoxy) is 3. The van der Waals surface area contributed by atoms with Crippen LogP contribution in [0.1, 0.15) is 61.4 Å². The van der Waals surface area contributed by atoms with Crippen LogP contribution in [0.2, 0.25) is 0 Å². The van der Waals surface area contributed by atoms with Crippen LogP contribution < -0.4 is 29.9 Å². The number of carboxylic acid groups (broad SMARTS) is 1. The second-order valence-corrected chi connectivity index (χ2v) is 18.3. The minimum absolute atomic E-state index is 0.266. The Morgan fingerprint density at radius 3 is 2.28 bits per heavy atom. The minimum Gasteiger partial charge on any atom is -0.492 e. The molecule has 0 saturated carbocycles. The number of thioether (sulfide) groups is 1. The molecule has 0 radical (unpaired) electrons. The number of benzene rings is 5. The van der Waals surface area contributed by atoms with E-state index < -0.39 is 28.8 Å². The Bertz CT molecular complexity index is 2790. The van der Waals surface area contributed by atoms with Crippen LogP contribution in [0.15, 0.2) is 109 Å². The molecule has 1 saturated heterocycles. The summed E-state index contributed by atoms with van der Waals surface area (Å²) in [6.07, 6.45) is 1.50. The van der Waals surface area contributed by atoms with E-state index in [1.165, 1.54) is 4.90 Å². The van der Waals surface area contributed by atoms with Crippen LogP contribution in [0.25, 0.3) is 22.2 Å². The molecule has 1 aliphatic rings. The number of imidazole rings is 1. The lowest BCUT2D eigenvalue weighted by molar-refractivity contribution is -0.119. The number of amides is 4. The summed E-state index contributed by atoms with van der Waals surface area (Å²) in [6.45, 7) is 8.56. The van der Waals surface area contributed by atoms with Crippen molar-refractivity contribution in [3.8, 4) is 22.6 Å². The molecule has 6 aromatic rings. The Morgan fingerprint density at radius 2 is 1.60 bits per heavy atom. The van der Waals surface area contributed by atoms with Crippen LogP contribution in [-0.2, 0) is 33.7 Å². The van der Waals surface area contributed by atoms with Crippen LogP contribution in [0.4, 0.5) is 26.7 Å². The third-order valence-electron chi connectivity index (χ3n) is 10.9. The third-order valence-corrected chi connectivity index (χ3v) is 11.9. The van der Waals surface area contributed by atoms with Crippen molar-refractivity contribution >= 4 is 69.0 Å². The van der Waals surface area contributed by atoms with Gasteiger partial charge >= 0.3 is 12.1 Å². The van der Waals surface area contributed by atoms with Crippen molar-refractivity contribution in [2.24, 2.45) is 0 Å². The van der Waals surface area contributed by atoms with Gasteiger partial charge in [0.25, 0.3) is 11.1 Å². The van der Waals surface area contributed by atoms with Gasteiger partial charge in [0.15, 0.2) is 6.61 Å². The lowest BCUT2D eigenvalue weighted by Crippen LogP contribution is -2.35. The molecule has 1 unspecified atom stereocenters. The number of likely N-dealkylation sites (N-methyl/N-ethyl adjacent to an activating group) is 1. The Morgan fingerprint density at radius 1 is 0.881 bits per heavy atom. The second kappa shape index (κ2) is 20.9. The van der Waals surface area contributed by atoms with E-state index in [4.69, 9.17) is 19.2 Å². The van der Waals surface area contributed by atoms with Crippen molar-refractivity contribution < 1.29 is 43.3 Å². The van der Waals surface area contributed by atoms with Crippen LogP contribution in [0.5, 0.6) is 11.5 Å². The zero-order valence-electron chi connectivity index (χ0n) is 38.3. The number of rotatable bonds is 18. The molecule has 16 heteroatoms. The first kappa shape index (κ1) is 47.6. The largest absolute Gasteiger partial charge is 0.492 e. The van der Waals surface area contributed by atoms with E-state index in [0.29, 0.717) is 54.6 Å². The maximum Gasteiger partial charge on any atom is 0.414 e. The molecule has 1 aliphatic heterocycles. The van der Waals surface area contributed by atoms with Gasteiger partial charge in [-0.15, -0.1) is 0 Å². The molecule has 67 heavy (non-hydrogen) atoms. The summed E-state index contributed by atoms with van der Waals surface area (Å²) < 4.78 is 19.8. The summed E-state index contributed by atoms with van der Waals surface area (Å²) in [5.74, 6) is 0.169. The van der Waals surface area contributed by atoms with Crippen molar-refractivity contribution in [3.63, 3.8) is 0 Å². The monoisotopic (exact) mass is 926 g/mol. The Hall–Kier alpha value is -7.33. The molecule has 4 amide bonds.